The van der Waals surface area contributed by atoms with E-state index in [0.29, 0.717) is 44.4 Å². The molecule has 0 amide bonds. The van der Waals surface area contributed by atoms with Crippen LogP contribution in [0.15, 0.2) is 166 Å². The Morgan fingerprint density at radius 3 is 0.829 bits per heavy atom. The number of esters is 2. The van der Waals surface area contributed by atoms with Gasteiger partial charge in [0.25, 0.3) is 22.2 Å². The fourth-order valence-corrected chi connectivity index (χ4v) is 11.5. The average molecular weight is 1090 g/mol. The van der Waals surface area contributed by atoms with Crippen molar-refractivity contribution >= 4 is 98.1 Å². The van der Waals surface area contributed by atoms with Crippen LogP contribution in [0.2, 0.25) is 0 Å². The molecule has 0 atom stereocenters. The smallest absolute Gasteiger partial charge is 0.330 e. The van der Waals surface area contributed by atoms with Crippen LogP contribution in [0, 0.1) is 0 Å². The van der Waals surface area contributed by atoms with E-state index in [9.17, 15) is 28.8 Å². The molecule has 9 aromatic carbocycles. The summed E-state index contributed by atoms with van der Waals surface area (Å²) in [7, 11) is 0. The summed E-state index contributed by atoms with van der Waals surface area (Å²) in [6.07, 6.45) is 2.20. The van der Waals surface area contributed by atoms with E-state index >= 15 is 0 Å². The molecule has 0 unspecified atom stereocenters. The summed E-state index contributed by atoms with van der Waals surface area (Å²) >= 11 is 0. The largest absolute Gasteiger partial charge is 0.490 e. The number of carbonyl (C=O) groups excluding carboxylic acids is 2. The van der Waals surface area contributed by atoms with Crippen molar-refractivity contribution in [3.05, 3.63) is 210 Å². The molecule has 12 nitrogen and oxygen atoms in total. The van der Waals surface area contributed by atoms with Crippen molar-refractivity contribution in [3.8, 4) is 22.9 Å². The number of ether oxygens (including phenoxy) is 4. The van der Waals surface area contributed by atoms with Gasteiger partial charge in [0.2, 0.25) is 0 Å². The van der Waals surface area contributed by atoms with Crippen LogP contribution < -0.4 is 31.7 Å². The summed E-state index contributed by atoms with van der Waals surface area (Å²) in [6, 6.07) is 40.2. The first kappa shape index (κ1) is 54.5. The fourth-order valence-electron chi connectivity index (χ4n) is 11.5. The van der Waals surface area contributed by atoms with Gasteiger partial charge in [0.05, 0.1) is 32.9 Å². The Kier molecular flexibility index (Phi) is 14.3. The predicted molar refractivity (Wildman–Crippen MR) is 331 cm³/mol. The molecule has 0 radical (unpaired) electrons. The minimum absolute atomic E-state index is 0.0428. The predicted octanol–water partition coefficient (Wildman–Crippen LogP) is 14.1. The molecule has 2 heterocycles. The van der Waals surface area contributed by atoms with Crippen molar-refractivity contribution in [2.24, 2.45) is 0 Å². The molecular weight excluding hydrogens is 1030 g/mol. The van der Waals surface area contributed by atoms with Gasteiger partial charge < -0.3 is 18.9 Å². The van der Waals surface area contributed by atoms with Crippen LogP contribution in [-0.4, -0.2) is 47.5 Å². The number of nitrogens with zero attached hydrogens (tertiary/aromatic N) is 2. The topological polar surface area (TPSA) is 149 Å². The van der Waals surface area contributed by atoms with Crippen LogP contribution in [0.4, 0.5) is 0 Å². The second-order valence-electron chi connectivity index (χ2n) is 22.4. The van der Waals surface area contributed by atoms with Gasteiger partial charge in [0.1, 0.15) is 37.9 Å². The lowest BCUT2D eigenvalue weighted by Gasteiger charge is -2.21. The van der Waals surface area contributed by atoms with Crippen molar-refractivity contribution < 1.29 is 28.5 Å². The highest BCUT2D eigenvalue weighted by Gasteiger charge is 2.26. The van der Waals surface area contributed by atoms with Crippen molar-refractivity contribution in [2.75, 3.05) is 26.4 Å². The highest BCUT2D eigenvalue weighted by molar-refractivity contribution is 6.10. The van der Waals surface area contributed by atoms with Gasteiger partial charge in [-0.3, -0.25) is 19.2 Å². The quantitative estimate of drug-likeness (QED) is 0.0396. The standard InChI is InChI=1S/C70H62N2O10/c1-11-63(73)81-19-17-79-53-33-55(37(3)4)65(56(34-53)38(5)6)71-67(75)59-29-49-25-45-21-41-13-15-43-23-47-27-51-31-61-62(32-52(51)28-48(47)24-44(43)16-14-42(41)22-46(45)26-50(49)30-60(59)68(71)76)70(78)72(69(61)77)66-57(39(7)8)35-54(36-58(66)40(9)10)80-18-20-82-64(74)12-2/h11-16,21-40H,1-2,17-20H2,3-10H3. The second-order valence-corrected chi connectivity index (χ2v) is 22.4. The van der Waals surface area contributed by atoms with Crippen molar-refractivity contribution in [1.82, 2.24) is 9.13 Å². The van der Waals surface area contributed by atoms with Crippen LogP contribution in [0.3, 0.4) is 0 Å². The molecule has 0 aliphatic rings. The number of hydrogen-bond donors (Lipinski definition) is 0. The zero-order valence-corrected chi connectivity index (χ0v) is 47.2. The average Bonchev–Trinajstić information content (AvgIpc) is 2.65. The Balaban J connectivity index is 0.961. The molecule has 412 valence electrons. The normalized spacial score (nSPS) is 12.0. The second kappa shape index (κ2) is 21.6. The first-order valence-electron chi connectivity index (χ1n) is 27.8. The number of benzene rings is 8. The third-order valence-corrected chi connectivity index (χ3v) is 15.6. The van der Waals surface area contributed by atoms with Gasteiger partial charge in [-0.2, -0.15) is 0 Å². The van der Waals surface area contributed by atoms with Gasteiger partial charge in [-0.05, 0) is 208 Å². The highest BCUT2D eigenvalue weighted by atomic mass is 16.6. The van der Waals surface area contributed by atoms with E-state index < -0.39 is 11.9 Å². The first-order chi connectivity index (χ1) is 39.3. The zero-order chi connectivity index (χ0) is 58.0. The maximum absolute atomic E-state index is 14.6. The van der Waals surface area contributed by atoms with E-state index in [4.69, 9.17) is 18.9 Å². The lowest BCUT2D eigenvalue weighted by Crippen LogP contribution is -2.26. The molecule has 11 rings (SSSR count). The summed E-state index contributed by atoms with van der Waals surface area (Å²) in [4.78, 5) is 81.5. The van der Waals surface area contributed by atoms with Crippen LogP contribution in [-0.2, 0) is 19.1 Å². The third kappa shape index (κ3) is 9.82. The number of carbonyl (C=O) groups is 2. The van der Waals surface area contributed by atoms with Crippen molar-refractivity contribution in [1.29, 1.82) is 0 Å². The Hall–Kier alpha value is -9.42. The Morgan fingerprint density at radius 2 is 0.598 bits per heavy atom. The Bertz CT molecular complexity index is 4220. The van der Waals surface area contributed by atoms with Crippen LogP contribution in [0.25, 0.3) is 97.6 Å². The maximum Gasteiger partial charge on any atom is 0.330 e. The first-order valence-corrected chi connectivity index (χ1v) is 27.8. The summed E-state index contributed by atoms with van der Waals surface area (Å²) < 4.78 is 24.9. The molecule has 11 aromatic rings. The molecule has 2 aromatic heterocycles. The molecule has 0 saturated carbocycles. The van der Waals surface area contributed by atoms with Crippen molar-refractivity contribution in [2.45, 2.75) is 79.1 Å². The molecule has 0 bridgehead atoms. The molecule has 0 aliphatic heterocycles. The molecule has 0 spiro atoms. The van der Waals surface area contributed by atoms with E-state index in [2.05, 4.69) is 86.0 Å². The molecular formula is C70H62N2O10. The molecule has 0 fully saturated rings. The van der Waals surface area contributed by atoms with Gasteiger partial charge in [0, 0.05) is 12.2 Å². The summed E-state index contributed by atoms with van der Waals surface area (Å²) in [5, 5.41) is 12.7. The van der Waals surface area contributed by atoms with Crippen LogP contribution >= 0.6 is 0 Å². The lowest BCUT2D eigenvalue weighted by molar-refractivity contribution is -0.139. The minimum atomic E-state index is -0.535. The van der Waals surface area contributed by atoms with E-state index in [0.717, 1.165) is 99.0 Å². The van der Waals surface area contributed by atoms with E-state index in [-0.39, 0.29) is 72.3 Å². The van der Waals surface area contributed by atoms with Gasteiger partial charge >= 0.3 is 11.9 Å². The molecule has 0 N–H and O–H groups in total. The van der Waals surface area contributed by atoms with E-state index in [1.807, 2.05) is 104 Å². The van der Waals surface area contributed by atoms with Gasteiger partial charge in [0.15, 0.2) is 0 Å². The van der Waals surface area contributed by atoms with Crippen LogP contribution in [0.1, 0.15) is 101 Å². The zero-order valence-electron chi connectivity index (χ0n) is 47.2. The third-order valence-electron chi connectivity index (χ3n) is 15.6. The number of fused-ring (bicyclic) bond motifs is 8. The lowest BCUT2D eigenvalue weighted by atomic mass is 9.92. The monoisotopic (exact) mass is 1090 g/mol. The Labute approximate surface area is 472 Å². The van der Waals surface area contributed by atoms with Crippen LogP contribution in [0.5, 0.6) is 11.5 Å². The molecule has 0 aliphatic carbocycles. The molecule has 12 heteroatoms. The minimum Gasteiger partial charge on any atom is -0.490 e. The molecule has 82 heavy (non-hydrogen) atoms. The van der Waals surface area contributed by atoms with Gasteiger partial charge in [-0.1, -0.05) is 92.8 Å². The van der Waals surface area contributed by atoms with Gasteiger partial charge in [-0.15, -0.1) is 0 Å². The summed E-state index contributed by atoms with van der Waals surface area (Å²) in [5.74, 6) is -0.235. The van der Waals surface area contributed by atoms with Crippen molar-refractivity contribution in [3.63, 3.8) is 0 Å². The highest BCUT2D eigenvalue weighted by Crippen LogP contribution is 2.38. The maximum atomic E-state index is 14.6. The Morgan fingerprint density at radius 1 is 0.366 bits per heavy atom. The molecule has 0 saturated heterocycles. The summed E-state index contributed by atoms with van der Waals surface area (Å²) in [5.41, 5.74) is 2.78. The SMILES string of the molecule is C=CC(=O)OCCOc1cc(C(C)C)c(-n2c(=O)c3cc4cc5cc6ccc7cc8cc9cc%10c(=O)n(-c%11c(C(C)C)cc(OCCOC(=O)C=C)cc%11C(C)C)c(=O)c%10cc9cc8cc7ccc6cc5cc4cc3c2=O)c(C(C)C)c1. The van der Waals surface area contributed by atoms with E-state index in [1.165, 1.54) is 9.13 Å². The number of rotatable bonds is 16. The van der Waals surface area contributed by atoms with Gasteiger partial charge in [-0.25, -0.2) is 18.7 Å². The van der Waals surface area contributed by atoms with E-state index in [1.54, 1.807) is 0 Å². The number of hydrogen-bond acceptors (Lipinski definition) is 10. The fraction of sp³-hybridized carbons (Fsp3) is 0.229. The number of aromatic nitrogens is 2. The summed E-state index contributed by atoms with van der Waals surface area (Å²) in [6.45, 7) is 23.3.